The normalized spacial score (nSPS) is 10.8. The number of hydrogen-bond donors (Lipinski definition) is 2. The van der Waals surface area contributed by atoms with E-state index in [0.717, 1.165) is 11.2 Å². The maximum atomic E-state index is 12.3. The monoisotopic (exact) mass is 346 g/mol. The van der Waals surface area contributed by atoms with Crippen LogP contribution >= 0.6 is 23.6 Å². The van der Waals surface area contributed by atoms with Gasteiger partial charge in [-0.25, -0.2) is 0 Å². The highest BCUT2D eigenvalue weighted by atomic mass is 32.1. The molecule has 8 heteroatoms. The molecule has 0 spiro atoms. The quantitative estimate of drug-likeness (QED) is 0.694. The minimum atomic E-state index is -0.156. The number of aromatic amines is 1. The molecule has 0 unspecified atom stereocenters. The molecule has 0 fully saturated rings. The highest BCUT2D eigenvalue weighted by molar-refractivity contribution is 7.71. The fourth-order valence-corrected chi connectivity index (χ4v) is 3.25. The van der Waals surface area contributed by atoms with Crippen LogP contribution in [0.1, 0.15) is 12.1 Å². The van der Waals surface area contributed by atoms with Gasteiger partial charge in [-0.05, 0) is 35.8 Å². The number of amides is 1. The van der Waals surface area contributed by atoms with Gasteiger partial charge in [0.25, 0.3) is 5.56 Å². The van der Waals surface area contributed by atoms with Crippen LogP contribution in [0.5, 0.6) is 0 Å². The lowest BCUT2D eigenvalue weighted by atomic mass is 10.3. The van der Waals surface area contributed by atoms with E-state index < -0.39 is 0 Å². The van der Waals surface area contributed by atoms with Gasteiger partial charge in [0.1, 0.15) is 4.70 Å². The number of fused-ring (bicyclic) bond motifs is 1. The fourth-order valence-electron chi connectivity index (χ4n) is 2.17. The van der Waals surface area contributed by atoms with Gasteiger partial charge in [0.15, 0.2) is 4.77 Å². The summed E-state index contributed by atoms with van der Waals surface area (Å²) in [4.78, 5) is 31.4. The van der Waals surface area contributed by atoms with Crippen molar-refractivity contribution in [3.05, 3.63) is 56.7 Å². The van der Waals surface area contributed by atoms with Gasteiger partial charge in [0, 0.05) is 19.2 Å². The van der Waals surface area contributed by atoms with Crippen molar-refractivity contribution in [3.63, 3.8) is 0 Å². The lowest BCUT2D eigenvalue weighted by Gasteiger charge is -2.07. The number of aromatic nitrogens is 3. The van der Waals surface area contributed by atoms with Gasteiger partial charge in [0.05, 0.1) is 17.8 Å². The Morgan fingerprint density at radius 1 is 1.39 bits per heavy atom. The molecule has 3 rings (SSSR count). The predicted octanol–water partition coefficient (Wildman–Crippen LogP) is 2.22. The second-order valence-corrected chi connectivity index (χ2v) is 6.20. The van der Waals surface area contributed by atoms with Crippen LogP contribution in [0, 0.1) is 4.77 Å². The van der Waals surface area contributed by atoms with Crippen molar-refractivity contribution in [1.82, 2.24) is 19.9 Å². The first kappa shape index (κ1) is 15.6. The molecule has 2 N–H and O–H groups in total. The van der Waals surface area contributed by atoms with Crippen molar-refractivity contribution in [2.75, 3.05) is 0 Å². The number of hydrogen-bond acceptors (Lipinski definition) is 5. The Balaban J connectivity index is 1.65. The fraction of sp³-hybridized carbons (Fsp3) is 0.200. The third kappa shape index (κ3) is 3.54. The Kier molecular flexibility index (Phi) is 4.63. The van der Waals surface area contributed by atoms with Gasteiger partial charge in [-0.15, -0.1) is 11.3 Å². The highest BCUT2D eigenvalue weighted by Gasteiger charge is 2.09. The number of nitrogens with zero attached hydrogens (tertiary/aromatic N) is 2. The Morgan fingerprint density at radius 2 is 2.26 bits per heavy atom. The van der Waals surface area contributed by atoms with Gasteiger partial charge < -0.3 is 10.3 Å². The number of carbonyl (C=O) groups is 1. The molecule has 3 heterocycles. The van der Waals surface area contributed by atoms with E-state index in [-0.39, 0.29) is 24.4 Å². The number of thiophene rings is 1. The summed E-state index contributed by atoms with van der Waals surface area (Å²) in [5, 5.41) is 4.62. The molecule has 0 saturated carbocycles. The van der Waals surface area contributed by atoms with Gasteiger partial charge in [-0.1, -0.05) is 6.07 Å². The van der Waals surface area contributed by atoms with E-state index in [2.05, 4.69) is 15.3 Å². The molecule has 0 aromatic carbocycles. The first-order chi connectivity index (χ1) is 11.1. The van der Waals surface area contributed by atoms with Crippen molar-refractivity contribution in [1.29, 1.82) is 0 Å². The van der Waals surface area contributed by atoms with Crippen LogP contribution < -0.4 is 10.9 Å². The SMILES string of the molecule is O=C(CCn1c(=S)[nH]c2ccsc2c1=O)NCc1ccccn1. The van der Waals surface area contributed by atoms with E-state index in [4.69, 9.17) is 12.2 Å². The second-order valence-electron chi connectivity index (χ2n) is 4.90. The van der Waals surface area contributed by atoms with Crippen LogP contribution in [0.15, 0.2) is 40.6 Å². The molecule has 1 amide bonds. The summed E-state index contributed by atoms with van der Waals surface area (Å²) in [5.74, 6) is -0.150. The van der Waals surface area contributed by atoms with Crippen LogP contribution in [0.25, 0.3) is 10.2 Å². The van der Waals surface area contributed by atoms with Crippen molar-refractivity contribution in [3.8, 4) is 0 Å². The molecule has 6 nitrogen and oxygen atoms in total. The molecule has 23 heavy (non-hydrogen) atoms. The average Bonchev–Trinajstić information content (AvgIpc) is 3.02. The van der Waals surface area contributed by atoms with Gasteiger partial charge >= 0.3 is 0 Å². The third-order valence-corrected chi connectivity index (χ3v) is 4.57. The predicted molar refractivity (Wildman–Crippen MR) is 92.0 cm³/mol. The summed E-state index contributed by atoms with van der Waals surface area (Å²) in [7, 11) is 0. The Morgan fingerprint density at radius 3 is 3.04 bits per heavy atom. The zero-order valence-corrected chi connectivity index (χ0v) is 13.7. The minimum absolute atomic E-state index is 0.150. The molecule has 0 aliphatic heterocycles. The van der Waals surface area contributed by atoms with E-state index in [0.29, 0.717) is 16.0 Å². The molecule has 0 radical (unpaired) electrons. The third-order valence-electron chi connectivity index (χ3n) is 3.35. The Hall–Kier alpha value is -2.32. The number of carbonyl (C=O) groups excluding carboxylic acids is 1. The van der Waals surface area contributed by atoms with Gasteiger partial charge in [-0.2, -0.15) is 0 Å². The topological polar surface area (TPSA) is 79.8 Å². The summed E-state index contributed by atoms with van der Waals surface area (Å²) in [6.45, 7) is 0.613. The smallest absolute Gasteiger partial charge is 0.272 e. The first-order valence-corrected chi connectivity index (χ1v) is 8.31. The van der Waals surface area contributed by atoms with Crippen LogP contribution in [-0.2, 0) is 17.9 Å². The maximum Gasteiger partial charge on any atom is 0.272 e. The number of nitrogens with one attached hydrogen (secondary N) is 2. The maximum absolute atomic E-state index is 12.3. The molecule has 3 aromatic heterocycles. The molecule has 0 aliphatic carbocycles. The molecule has 0 aliphatic rings. The summed E-state index contributed by atoms with van der Waals surface area (Å²) in [6.07, 6.45) is 1.86. The van der Waals surface area contributed by atoms with E-state index >= 15 is 0 Å². The van der Waals surface area contributed by atoms with Crippen molar-refractivity contribution < 1.29 is 4.79 Å². The molecule has 118 valence electrons. The number of rotatable bonds is 5. The first-order valence-electron chi connectivity index (χ1n) is 7.02. The number of pyridine rings is 1. The van der Waals surface area contributed by atoms with Crippen LogP contribution in [-0.4, -0.2) is 20.4 Å². The molecule has 0 bridgehead atoms. The van der Waals surface area contributed by atoms with E-state index in [9.17, 15) is 9.59 Å². The summed E-state index contributed by atoms with van der Waals surface area (Å²) < 4.78 is 2.38. The summed E-state index contributed by atoms with van der Waals surface area (Å²) >= 11 is 6.56. The highest BCUT2D eigenvalue weighted by Crippen LogP contribution is 2.13. The number of H-pyrrole nitrogens is 1. The molecule has 0 atom stereocenters. The molecular weight excluding hydrogens is 332 g/mol. The van der Waals surface area contributed by atoms with Crippen LogP contribution in [0.2, 0.25) is 0 Å². The van der Waals surface area contributed by atoms with E-state index in [1.807, 2.05) is 29.6 Å². The van der Waals surface area contributed by atoms with Gasteiger partial charge in [0.2, 0.25) is 5.91 Å². The van der Waals surface area contributed by atoms with Crippen molar-refractivity contribution >= 4 is 39.7 Å². The van der Waals surface area contributed by atoms with Gasteiger partial charge in [-0.3, -0.25) is 19.1 Å². The Bertz CT molecular complexity index is 943. The molecule has 0 saturated heterocycles. The van der Waals surface area contributed by atoms with E-state index in [1.54, 1.807) is 6.20 Å². The zero-order valence-electron chi connectivity index (χ0n) is 12.1. The average molecular weight is 346 g/mol. The largest absolute Gasteiger partial charge is 0.350 e. The summed E-state index contributed by atoms with van der Waals surface area (Å²) in [5.41, 5.74) is 1.37. The van der Waals surface area contributed by atoms with Crippen molar-refractivity contribution in [2.24, 2.45) is 0 Å². The van der Waals surface area contributed by atoms with Crippen LogP contribution in [0.4, 0.5) is 0 Å². The molecule has 3 aromatic rings. The standard InChI is InChI=1S/C15H14N4O2S2/c20-12(17-9-10-3-1-2-6-16-10)4-7-19-14(21)13-11(5-8-23-13)18-15(19)22/h1-3,5-6,8H,4,7,9H2,(H,17,20)(H,18,22). The zero-order chi connectivity index (χ0) is 16.2. The van der Waals surface area contributed by atoms with Crippen molar-refractivity contribution in [2.45, 2.75) is 19.5 Å². The summed E-state index contributed by atoms with van der Waals surface area (Å²) in [6, 6.07) is 7.34. The lowest BCUT2D eigenvalue weighted by Crippen LogP contribution is -2.28. The minimum Gasteiger partial charge on any atom is -0.350 e. The second kappa shape index (κ2) is 6.84. The van der Waals surface area contributed by atoms with E-state index in [1.165, 1.54) is 15.9 Å². The molecular formula is C15H14N4O2S2. The Labute approximate surface area is 140 Å². The van der Waals surface area contributed by atoms with Crippen LogP contribution in [0.3, 0.4) is 0 Å². The lowest BCUT2D eigenvalue weighted by molar-refractivity contribution is -0.121.